The molecule has 1 unspecified atom stereocenters. The molecule has 0 spiro atoms. The molecule has 116 valence electrons. The highest BCUT2D eigenvalue weighted by atomic mass is 19.3. The van der Waals surface area contributed by atoms with Crippen LogP contribution in [-0.2, 0) is 11.3 Å². The largest absolute Gasteiger partial charge is 0.481 e. The third kappa shape index (κ3) is 5.08. The maximum atomic E-state index is 12.7. The van der Waals surface area contributed by atoms with Crippen molar-refractivity contribution >= 4 is 5.97 Å². The van der Waals surface area contributed by atoms with Crippen LogP contribution in [0, 0.1) is 5.92 Å². The van der Waals surface area contributed by atoms with Crippen molar-refractivity contribution in [3.63, 3.8) is 0 Å². The second-order valence-corrected chi connectivity index (χ2v) is 5.72. The van der Waals surface area contributed by atoms with Gasteiger partial charge in [-0.25, -0.2) is 8.78 Å². The molecule has 1 aliphatic rings. The molecule has 1 aromatic carbocycles. The fourth-order valence-electron chi connectivity index (χ4n) is 2.94. The lowest BCUT2D eigenvalue weighted by Gasteiger charge is -2.32. The molecule has 1 aromatic rings. The predicted molar refractivity (Wildman–Crippen MR) is 76.3 cm³/mol. The third-order valence-electron chi connectivity index (χ3n) is 3.98. The van der Waals surface area contributed by atoms with Gasteiger partial charge in [0.15, 0.2) is 0 Å². The zero-order valence-corrected chi connectivity index (χ0v) is 12.0. The number of nitrogens with zero attached hydrogens (tertiary/aromatic N) is 1. The molecule has 1 N–H and O–H groups in total. The van der Waals surface area contributed by atoms with Crippen LogP contribution in [0.4, 0.5) is 8.78 Å². The maximum Gasteiger partial charge on any atom is 0.303 e. The highest BCUT2D eigenvalue weighted by molar-refractivity contribution is 5.66. The van der Waals surface area contributed by atoms with E-state index < -0.39 is 12.4 Å². The highest BCUT2D eigenvalue weighted by Crippen LogP contribution is 2.24. The Hall–Kier alpha value is -1.49. The first-order chi connectivity index (χ1) is 10.0. The number of likely N-dealkylation sites (tertiary alicyclic amines) is 1. The van der Waals surface area contributed by atoms with Crippen molar-refractivity contribution in [1.29, 1.82) is 0 Å². The number of piperidine rings is 1. The van der Waals surface area contributed by atoms with Gasteiger partial charge in [-0.2, -0.15) is 0 Å². The number of carboxylic acid groups (broad SMARTS) is 1. The van der Waals surface area contributed by atoms with Crippen molar-refractivity contribution in [3.05, 3.63) is 35.4 Å². The smallest absolute Gasteiger partial charge is 0.303 e. The van der Waals surface area contributed by atoms with Gasteiger partial charge in [0.25, 0.3) is 6.43 Å². The van der Waals surface area contributed by atoms with Gasteiger partial charge in [-0.3, -0.25) is 9.69 Å². The first-order valence-electron chi connectivity index (χ1n) is 7.35. The molecule has 0 radical (unpaired) electrons. The van der Waals surface area contributed by atoms with Crippen LogP contribution in [-0.4, -0.2) is 29.1 Å². The fourth-order valence-corrected chi connectivity index (χ4v) is 2.94. The molecule has 1 aliphatic heterocycles. The zero-order chi connectivity index (χ0) is 15.2. The van der Waals surface area contributed by atoms with Gasteiger partial charge in [0.1, 0.15) is 0 Å². The van der Waals surface area contributed by atoms with Gasteiger partial charge in [0, 0.05) is 25.1 Å². The van der Waals surface area contributed by atoms with Crippen molar-refractivity contribution in [2.24, 2.45) is 5.92 Å². The number of alkyl halides is 2. The summed E-state index contributed by atoms with van der Waals surface area (Å²) < 4.78 is 25.4. The van der Waals surface area contributed by atoms with Crippen LogP contribution in [0.2, 0.25) is 0 Å². The molecule has 3 nitrogen and oxygen atoms in total. The molecule has 0 aromatic heterocycles. The number of halogens is 2. The Kier molecular flexibility index (Phi) is 5.67. The van der Waals surface area contributed by atoms with Crippen LogP contribution < -0.4 is 0 Å². The summed E-state index contributed by atoms with van der Waals surface area (Å²) in [6.07, 6.45) is 0.566. The van der Waals surface area contributed by atoms with E-state index in [2.05, 4.69) is 4.90 Å². The topological polar surface area (TPSA) is 40.5 Å². The summed E-state index contributed by atoms with van der Waals surface area (Å²) in [6.45, 7) is 2.46. The molecular formula is C16H21F2NO2. The quantitative estimate of drug-likeness (QED) is 0.870. The minimum Gasteiger partial charge on any atom is -0.481 e. The van der Waals surface area contributed by atoms with Crippen LogP contribution in [0.25, 0.3) is 0 Å². The second-order valence-electron chi connectivity index (χ2n) is 5.72. The van der Waals surface area contributed by atoms with E-state index in [-0.39, 0.29) is 12.0 Å². The maximum absolute atomic E-state index is 12.7. The van der Waals surface area contributed by atoms with E-state index in [0.717, 1.165) is 31.5 Å². The molecule has 1 atom stereocenters. The SMILES string of the molecule is O=C(O)CCC1CCCN(Cc2cccc(C(F)F)c2)C1. The number of hydrogen-bond donors (Lipinski definition) is 1. The molecule has 5 heteroatoms. The summed E-state index contributed by atoms with van der Waals surface area (Å²) in [7, 11) is 0. The van der Waals surface area contributed by atoms with Crippen molar-refractivity contribution in [1.82, 2.24) is 4.90 Å². The average molecular weight is 297 g/mol. The van der Waals surface area contributed by atoms with Gasteiger partial charge in [-0.15, -0.1) is 0 Å². The van der Waals surface area contributed by atoms with Crippen molar-refractivity contribution < 1.29 is 18.7 Å². The lowest BCUT2D eigenvalue weighted by molar-refractivity contribution is -0.137. The lowest BCUT2D eigenvalue weighted by atomic mass is 9.93. The number of aliphatic carboxylic acids is 1. The second kappa shape index (κ2) is 7.50. The summed E-state index contributed by atoms with van der Waals surface area (Å²) in [4.78, 5) is 12.9. The number of hydrogen-bond acceptors (Lipinski definition) is 2. The summed E-state index contributed by atoms with van der Waals surface area (Å²) in [6, 6.07) is 6.54. The monoisotopic (exact) mass is 297 g/mol. The minimum absolute atomic E-state index is 0.0620. The Balaban J connectivity index is 1.90. The van der Waals surface area contributed by atoms with Gasteiger partial charge in [-0.05, 0) is 43.4 Å². The molecule has 1 fully saturated rings. The molecule has 0 bridgehead atoms. The number of carbonyl (C=O) groups is 1. The van der Waals surface area contributed by atoms with Gasteiger partial charge in [-0.1, -0.05) is 18.2 Å². The van der Waals surface area contributed by atoms with Crippen LogP contribution in [0.5, 0.6) is 0 Å². The van der Waals surface area contributed by atoms with E-state index >= 15 is 0 Å². The van der Waals surface area contributed by atoms with Crippen LogP contribution in [0.1, 0.15) is 43.2 Å². The van der Waals surface area contributed by atoms with Crippen LogP contribution in [0.15, 0.2) is 24.3 Å². The van der Waals surface area contributed by atoms with Crippen molar-refractivity contribution in [2.45, 2.75) is 38.7 Å². The molecule has 21 heavy (non-hydrogen) atoms. The van der Waals surface area contributed by atoms with E-state index in [1.807, 2.05) is 6.07 Å². The Morgan fingerprint density at radius 2 is 2.24 bits per heavy atom. The Morgan fingerprint density at radius 3 is 2.95 bits per heavy atom. The molecule has 0 saturated carbocycles. The number of carboxylic acids is 1. The summed E-state index contributed by atoms with van der Waals surface area (Å²) in [5.74, 6) is -0.357. The first kappa shape index (κ1) is 15.9. The molecule has 1 heterocycles. The molecule has 0 aliphatic carbocycles. The first-order valence-corrected chi connectivity index (χ1v) is 7.35. The molecule has 0 amide bonds. The Labute approximate surface area is 123 Å². The Bertz CT molecular complexity index is 479. The summed E-state index contributed by atoms with van der Waals surface area (Å²) in [5, 5.41) is 8.74. The van der Waals surface area contributed by atoms with Crippen molar-refractivity contribution in [2.75, 3.05) is 13.1 Å². The minimum atomic E-state index is -2.44. The van der Waals surface area contributed by atoms with E-state index in [9.17, 15) is 13.6 Å². The standard InChI is InChI=1S/C16H21F2NO2/c17-16(18)14-5-1-3-13(9-14)11-19-8-2-4-12(10-19)6-7-15(20)21/h1,3,5,9,12,16H,2,4,6-8,10-11H2,(H,20,21). The van der Waals surface area contributed by atoms with E-state index in [1.165, 1.54) is 6.07 Å². The zero-order valence-electron chi connectivity index (χ0n) is 12.0. The number of benzene rings is 1. The highest BCUT2D eigenvalue weighted by Gasteiger charge is 2.20. The van der Waals surface area contributed by atoms with Gasteiger partial charge in [0.05, 0.1) is 0 Å². The molecular weight excluding hydrogens is 276 g/mol. The van der Waals surface area contributed by atoms with Gasteiger partial charge < -0.3 is 5.11 Å². The summed E-state index contributed by atoms with van der Waals surface area (Å²) in [5.41, 5.74) is 0.957. The number of rotatable bonds is 6. The van der Waals surface area contributed by atoms with E-state index in [0.29, 0.717) is 18.9 Å². The van der Waals surface area contributed by atoms with Crippen molar-refractivity contribution in [3.8, 4) is 0 Å². The normalized spacial score (nSPS) is 19.9. The average Bonchev–Trinajstić information content (AvgIpc) is 2.46. The third-order valence-corrected chi connectivity index (χ3v) is 3.98. The van der Waals surface area contributed by atoms with Crippen LogP contribution >= 0.6 is 0 Å². The molecule has 1 saturated heterocycles. The van der Waals surface area contributed by atoms with E-state index in [1.54, 1.807) is 12.1 Å². The van der Waals surface area contributed by atoms with Gasteiger partial charge in [0.2, 0.25) is 0 Å². The fraction of sp³-hybridized carbons (Fsp3) is 0.562. The lowest BCUT2D eigenvalue weighted by Crippen LogP contribution is -2.35. The van der Waals surface area contributed by atoms with Gasteiger partial charge >= 0.3 is 5.97 Å². The predicted octanol–water partition coefficient (Wildman–Crippen LogP) is 3.70. The molecule has 2 rings (SSSR count). The van der Waals surface area contributed by atoms with E-state index in [4.69, 9.17) is 5.11 Å². The summed E-state index contributed by atoms with van der Waals surface area (Å²) >= 11 is 0. The van der Waals surface area contributed by atoms with Crippen LogP contribution in [0.3, 0.4) is 0 Å². The Morgan fingerprint density at radius 1 is 1.43 bits per heavy atom.